The molecule has 1 saturated carbocycles. The Labute approximate surface area is 95.7 Å². The van der Waals surface area contributed by atoms with Crippen LogP contribution in [0.4, 0.5) is 0 Å². The number of nitrogens with one attached hydrogen (secondary N) is 1. The lowest BCUT2D eigenvalue weighted by Gasteiger charge is -2.21. The molecule has 5 heteroatoms. The smallest absolute Gasteiger partial charge is 0.250 e. The molecule has 0 aromatic heterocycles. The Balaban J connectivity index is 1.85. The Kier molecular flexibility index (Phi) is 3.78. The summed E-state index contributed by atoms with van der Waals surface area (Å²) in [6.45, 7) is 0.955. The number of nitrogens with two attached hydrogens (primary N) is 1. The highest BCUT2D eigenvalue weighted by Crippen LogP contribution is 2.38. The minimum Gasteiger partial charge on any atom is -0.376 e. The van der Waals surface area contributed by atoms with Crippen LogP contribution in [0, 0.1) is 5.92 Å². The van der Waals surface area contributed by atoms with Gasteiger partial charge >= 0.3 is 0 Å². The molecule has 2 rings (SSSR count). The number of carbonyl (C=O) groups excluding carboxylic acids is 1. The van der Waals surface area contributed by atoms with E-state index in [-0.39, 0.29) is 24.6 Å². The van der Waals surface area contributed by atoms with Crippen molar-refractivity contribution in [3.8, 4) is 0 Å². The highest BCUT2D eigenvalue weighted by molar-refractivity contribution is 5.81. The van der Waals surface area contributed by atoms with Crippen LogP contribution in [0.3, 0.4) is 0 Å². The SMILES string of the molecule is COC(CN)C(=O)NC1CCOC1C1CC1. The zero-order valence-electron chi connectivity index (χ0n) is 9.65. The number of ether oxygens (including phenoxy) is 2. The highest BCUT2D eigenvalue weighted by Gasteiger charge is 2.41. The van der Waals surface area contributed by atoms with Crippen molar-refractivity contribution in [1.82, 2.24) is 5.32 Å². The van der Waals surface area contributed by atoms with Gasteiger partial charge in [0, 0.05) is 20.3 Å². The van der Waals surface area contributed by atoms with Gasteiger partial charge in [-0.2, -0.15) is 0 Å². The molecule has 0 bridgehead atoms. The first-order valence-corrected chi connectivity index (χ1v) is 5.91. The van der Waals surface area contributed by atoms with Crippen molar-refractivity contribution in [1.29, 1.82) is 0 Å². The van der Waals surface area contributed by atoms with Crippen molar-refractivity contribution >= 4 is 5.91 Å². The Morgan fingerprint density at radius 3 is 2.88 bits per heavy atom. The van der Waals surface area contributed by atoms with E-state index in [9.17, 15) is 4.79 Å². The maximum absolute atomic E-state index is 11.8. The normalized spacial score (nSPS) is 31.4. The number of amides is 1. The predicted octanol–water partition coefficient (Wildman–Crippen LogP) is -0.356. The van der Waals surface area contributed by atoms with Gasteiger partial charge in [-0.05, 0) is 25.2 Å². The lowest BCUT2D eigenvalue weighted by molar-refractivity contribution is -0.131. The number of hydrogen-bond donors (Lipinski definition) is 2. The van der Waals surface area contributed by atoms with Gasteiger partial charge in [0.25, 0.3) is 5.91 Å². The van der Waals surface area contributed by atoms with Gasteiger partial charge in [0.05, 0.1) is 12.1 Å². The van der Waals surface area contributed by atoms with Crippen LogP contribution in [0.2, 0.25) is 0 Å². The molecule has 2 fully saturated rings. The molecule has 0 radical (unpaired) electrons. The monoisotopic (exact) mass is 228 g/mol. The summed E-state index contributed by atoms with van der Waals surface area (Å²) in [6.07, 6.45) is 3.01. The molecule has 1 saturated heterocycles. The molecule has 3 atom stereocenters. The fourth-order valence-electron chi connectivity index (χ4n) is 2.24. The summed E-state index contributed by atoms with van der Waals surface area (Å²) in [4.78, 5) is 11.8. The van der Waals surface area contributed by atoms with E-state index in [4.69, 9.17) is 15.2 Å². The molecule has 0 aromatic rings. The lowest BCUT2D eigenvalue weighted by atomic mass is 10.1. The van der Waals surface area contributed by atoms with Gasteiger partial charge in [-0.3, -0.25) is 4.79 Å². The largest absolute Gasteiger partial charge is 0.376 e. The van der Waals surface area contributed by atoms with Crippen molar-refractivity contribution in [3.05, 3.63) is 0 Å². The number of hydrogen-bond acceptors (Lipinski definition) is 4. The van der Waals surface area contributed by atoms with Crippen molar-refractivity contribution in [2.24, 2.45) is 11.7 Å². The average molecular weight is 228 g/mol. The molecule has 1 aliphatic heterocycles. The van der Waals surface area contributed by atoms with Gasteiger partial charge in [-0.1, -0.05) is 0 Å². The second-order valence-corrected chi connectivity index (χ2v) is 4.54. The summed E-state index contributed by atoms with van der Waals surface area (Å²) >= 11 is 0. The summed E-state index contributed by atoms with van der Waals surface area (Å²) < 4.78 is 10.7. The Hall–Kier alpha value is -0.650. The van der Waals surface area contributed by atoms with Crippen molar-refractivity contribution < 1.29 is 14.3 Å². The van der Waals surface area contributed by atoms with E-state index >= 15 is 0 Å². The summed E-state index contributed by atoms with van der Waals surface area (Å²) in [6, 6.07) is 0.143. The summed E-state index contributed by atoms with van der Waals surface area (Å²) in [5.74, 6) is 0.526. The van der Waals surface area contributed by atoms with E-state index < -0.39 is 6.10 Å². The molecule has 16 heavy (non-hydrogen) atoms. The zero-order valence-corrected chi connectivity index (χ0v) is 9.65. The van der Waals surface area contributed by atoms with E-state index in [1.54, 1.807) is 0 Å². The van der Waals surface area contributed by atoms with Gasteiger partial charge in [-0.25, -0.2) is 0 Å². The molecule has 3 N–H and O–H groups in total. The van der Waals surface area contributed by atoms with Gasteiger partial charge in [0.1, 0.15) is 6.10 Å². The van der Waals surface area contributed by atoms with Crippen LogP contribution in [-0.4, -0.2) is 44.4 Å². The first kappa shape index (κ1) is 11.8. The quantitative estimate of drug-likeness (QED) is 0.674. The first-order chi connectivity index (χ1) is 7.76. The molecule has 2 aliphatic rings. The van der Waals surface area contributed by atoms with Gasteiger partial charge < -0.3 is 20.5 Å². The molecule has 92 valence electrons. The fourth-order valence-corrected chi connectivity index (χ4v) is 2.24. The molecule has 0 aromatic carbocycles. The molecule has 0 spiro atoms. The maximum atomic E-state index is 11.8. The van der Waals surface area contributed by atoms with Crippen molar-refractivity contribution in [2.75, 3.05) is 20.3 Å². The van der Waals surface area contributed by atoms with Crippen LogP contribution in [0.5, 0.6) is 0 Å². The standard InChI is InChI=1S/C11H20N2O3/c1-15-9(6-12)11(14)13-8-4-5-16-10(8)7-2-3-7/h7-10H,2-6,12H2,1H3,(H,13,14). The van der Waals surface area contributed by atoms with Crippen LogP contribution >= 0.6 is 0 Å². The highest BCUT2D eigenvalue weighted by atomic mass is 16.5. The van der Waals surface area contributed by atoms with E-state index in [0.717, 1.165) is 13.0 Å². The van der Waals surface area contributed by atoms with Crippen LogP contribution in [0.15, 0.2) is 0 Å². The van der Waals surface area contributed by atoms with Crippen LogP contribution in [0.25, 0.3) is 0 Å². The fraction of sp³-hybridized carbons (Fsp3) is 0.909. The molecular weight excluding hydrogens is 208 g/mol. The zero-order chi connectivity index (χ0) is 11.5. The maximum Gasteiger partial charge on any atom is 0.250 e. The number of methoxy groups -OCH3 is 1. The lowest BCUT2D eigenvalue weighted by Crippen LogP contribution is -2.48. The molecule has 3 unspecified atom stereocenters. The third-order valence-electron chi connectivity index (χ3n) is 3.34. The molecule has 1 amide bonds. The average Bonchev–Trinajstić information content (AvgIpc) is 3.02. The minimum atomic E-state index is -0.541. The molecular formula is C11H20N2O3. The topological polar surface area (TPSA) is 73.6 Å². The Morgan fingerprint density at radius 1 is 1.56 bits per heavy atom. The summed E-state index contributed by atoms with van der Waals surface area (Å²) in [5, 5.41) is 2.98. The van der Waals surface area contributed by atoms with Gasteiger partial charge in [0.15, 0.2) is 0 Å². The number of rotatable bonds is 5. The van der Waals surface area contributed by atoms with Crippen LogP contribution in [0.1, 0.15) is 19.3 Å². The van der Waals surface area contributed by atoms with Crippen molar-refractivity contribution in [3.63, 3.8) is 0 Å². The Bertz CT molecular complexity index is 252. The third-order valence-corrected chi connectivity index (χ3v) is 3.34. The van der Waals surface area contributed by atoms with Crippen LogP contribution < -0.4 is 11.1 Å². The van der Waals surface area contributed by atoms with E-state index in [2.05, 4.69) is 5.32 Å². The summed E-state index contributed by atoms with van der Waals surface area (Å²) in [7, 11) is 1.50. The minimum absolute atomic E-state index is 0.119. The van der Waals surface area contributed by atoms with Gasteiger partial charge in [0.2, 0.25) is 0 Å². The van der Waals surface area contributed by atoms with E-state index in [1.807, 2.05) is 0 Å². The Morgan fingerprint density at radius 2 is 2.31 bits per heavy atom. The second kappa shape index (κ2) is 5.12. The van der Waals surface area contributed by atoms with E-state index in [1.165, 1.54) is 20.0 Å². The molecule has 1 aliphatic carbocycles. The first-order valence-electron chi connectivity index (χ1n) is 5.91. The summed E-state index contributed by atoms with van der Waals surface area (Å²) in [5.41, 5.74) is 5.45. The molecule has 5 nitrogen and oxygen atoms in total. The van der Waals surface area contributed by atoms with Crippen molar-refractivity contribution in [2.45, 2.75) is 37.5 Å². The second-order valence-electron chi connectivity index (χ2n) is 4.54. The van der Waals surface area contributed by atoms with E-state index in [0.29, 0.717) is 5.92 Å². The third kappa shape index (κ3) is 2.53. The number of carbonyl (C=O) groups is 1. The predicted molar refractivity (Wildman–Crippen MR) is 58.9 cm³/mol. The van der Waals surface area contributed by atoms with Gasteiger partial charge in [-0.15, -0.1) is 0 Å². The molecule has 1 heterocycles. The van der Waals surface area contributed by atoms with Crippen LogP contribution in [-0.2, 0) is 14.3 Å².